The quantitative estimate of drug-likeness (QED) is 0.490. The number of nitrogens with one attached hydrogen (secondary N) is 1. The molecule has 1 heterocycles. The first kappa shape index (κ1) is 14.3. The third-order valence-corrected chi connectivity index (χ3v) is 3.65. The third kappa shape index (κ3) is 2.86. The van der Waals surface area contributed by atoms with Crippen LogP contribution in [0.25, 0.3) is 11.1 Å². The molecule has 2 aromatic carbocycles. The SMILES string of the molecule is CC(C)=NOC(=N)N1Cc2ccccc2-c2ccccc2C1. The van der Waals surface area contributed by atoms with Gasteiger partial charge in [-0.3, -0.25) is 0 Å². The zero-order valence-electron chi connectivity index (χ0n) is 12.8. The molecule has 3 rings (SSSR count). The van der Waals surface area contributed by atoms with E-state index in [1.165, 1.54) is 22.3 Å². The Morgan fingerprint density at radius 3 is 1.95 bits per heavy atom. The number of hydrogen-bond acceptors (Lipinski definition) is 3. The molecule has 2 aromatic rings. The highest BCUT2D eigenvalue weighted by molar-refractivity contribution is 5.80. The van der Waals surface area contributed by atoms with E-state index in [2.05, 4.69) is 41.6 Å². The first-order chi connectivity index (χ1) is 10.6. The van der Waals surface area contributed by atoms with Crippen molar-refractivity contribution in [3.8, 4) is 11.1 Å². The van der Waals surface area contributed by atoms with Gasteiger partial charge in [-0.1, -0.05) is 53.7 Å². The molecule has 0 unspecified atom stereocenters. The predicted octanol–water partition coefficient (Wildman–Crippen LogP) is 4.02. The molecule has 0 bridgehead atoms. The first-order valence-corrected chi connectivity index (χ1v) is 7.33. The molecule has 0 aromatic heterocycles. The maximum Gasteiger partial charge on any atom is 0.315 e. The second-order valence-electron chi connectivity index (χ2n) is 5.61. The number of amidine groups is 1. The van der Waals surface area contributed by atoms with E-state index in [4.69, 9.17) is 10.2 Å². The standard InChI is InChI=1S/C18H19N3O/c1-13(2)20-22-18(19)21-11-14-7-3-5-9-16(14)17-10-6-4-8-15(17)12-21/h3-10,19H,11-12H2,1-2H3. The van der Waals surface area contributed by atoms with E-state index in [1.54, 1.807) is 0 Å². The zero-order valence-corrected chi connectivity index (χ0v) is 12.8. The largest absolute Gasteiger partial charge is 0.318 e. The summed E-state index contributed by atoms with van der Waals surface area (Å²) in [5.74, 6) is 0. The highest BCUT2D eigenvalue weighted by Crippen LogP contribution is 2.32. The van der Waals surface area contributed by atoms with Crippen LogP contribution in [0.15, 0.2) is 53.7 Å². The van der Waals surface area contributed by atoms with Gasteiger partial charge in [-0.25, -0.2) is 5.41 Å². The van der Waals surface area contributed by atoms with Crippen molar-refractivity contribution in [2.45, 2.75) is 26.9 Å². The number of fused-ring (bicyclic) bond motifs is 3. The first-order valence-electron chi connectivity index (χ1n) is 7.33. The van der Waals surface area contributed by atoms with Crippen LogP contribution in [0, 0.1) is 5.41 Å². The molecule has 0 spiro atoms. The van der Waals surface area contributed by atoms with Gasteiger partial charge in [-0.05, 0) is 36.1 Å². The lowest BCUT2D eigenvalue weighted by Crippen LogP contribution is -2.29. The minimum atomic E-state index is 0.0766. The second kappa shape index (κ2) is 6.02. The van der Waals surface area contributed by atoms with E-state index in [-0.39, 0.29) is 6.02 Å². The molecule has 0 radical (unpaired) electrons. The topological polar surface area (TPSA) is 48.7 Å². The van der Waals surface area contributed by atoms with Gasteiger partial charge in [-0.15, -0.1) is 0 Å². The fourth-order valence-corrected chi connectivity index (χ4v) is 2.64. The van der Waals surface area contributed by atoms with Crippen molar-refractivity contribution in [1.29, 1.82) is 5.41 Å². The molecule has 4 nitrogen and oxygen atoms in total. The summed E-state index contributed by atoms with van der Waals surface area (Å²) in [5, 5.41) is 12.0. The molecule has 4 heteroatoms. The predicted molar refractivity (Wildman–Crippen MR) is 88.7 cm³/mol. The summed E-state index contributed by atoms with van der Waals surface area (Å²) in [6.07, 6.45) is 0. The Morgan fingerprint density at radius 2 is 1.45 bits per heavy atom. The Balaban J connectivity index is 1.98. The summed E-state index contributed by atoms with van der Waals surface area (Å²) < 4.78 is 0. The Morgan fingerprint density at radius 1 is 0.955 bits per heavy atom. The molecule has 1 aliphatic heterocycles. The summed E-state index contributed by atoms with van der Waals surface area (Å²) in [5.41, 5.74) is 5.63. The van der Waals surface area contributed by atoms with Gasteiger partial charge in [-0.2, -0.15) is 0 Å². The molecule has 112 valence electrons. The van der Waals surface area contributed by atoms with Gasteiger partial charge in [0.25, 0.3) is 0 Å². The van der Waals surface area contributed by atoms with E-state index < -0.39 is 0 Å². The maximum absolute atomic E-state index is 8.15. The summed E-state index contributed by atoms with van der Waals surface area (Å²) in [6, 6.07) is 16.7. The van der Waals surface area contributed by atoms with Crippen LogP contribution in [0.3, 0.4) is 0 Å². The van der Waals surface area contributed by atoms with Crippen molar-refractivity contribution in [1.82, 2.24) is 4.90 Å². The fraction of sp³-hybridized carbons (Fsp3) is 0.222. The summed E-state index contributed by atoms with van der Waals surface area (Å²) >= 11 is 0. The highest BCUT2D eigenvalue weighted by atomic mass is 16.6. The van der Waals surface area contributed by atoms with Crippen molar-refractivity contribution in [3.05, 3.63) is 59.7 Å². The summed E-state index contributed by atoms with van der Waals surface area (Å²) in [7, 11) is 0. The van der Waals surface area contributed by atoms with Crippen LogP contribution in [0.5, 0.6) is 0 Å². The van der Waals surface area contributed by atoms with Crippen molar-refractivity contribution in [3.63, 3.8) is 0 Å². The Kier molecular flexibility index (Phi) is 3.92. The van der Waals surface area contributed by atoms with Crippen LogP contribution in [-0.4, -0.2) is 16.6 Å². The van der Waals surface area contributed by atoms with Crippen LogP contribution >= 0.6 is 0 Å². The lowest BCUT2D eigenvalue weighted by molar-refractivity contribution is 0.230. The molecular weight excluding hydrogens is 274 g/mol. The van der Waals surface area contributed by atoms with Gasteiger partial charge in [0.15, 0.2) is 0 Å². The van der Waals surface area contributed by atoms with Crippen molar-refractivity contribution >= 4 is 11.7 Å². The molecule has 0 amide bonds. The van der Waals surface area contributed by atoms with Crippen LogP contribution in [0.1, 0.15) is 25.0 Å². The highest BCUT2D eigenvalue weighted by Gasteiger charge is 2.21. The van der Waals surface area contributed by atoms with Gasteiger partial charge >= 0.3 is 6.02 Å². The lowest BCUT2D eigenvalue weighted by Gasteiger charge is -2.21. The molecule has 0 aliphatic carbocycles. The average molecular weight is 293 g/mol. The second-order valence-corrected chi connectivity index (χ2v) is 5.61. The van der Waals surface area contributed by atoms with E-state index in [1.807, 2.05) is 30.9 Å². The van der Waals surface area contributed by atoms with Gasteiger partial charge in [0.2, 0.25) is 0 Å². The third-order valence-electron chi connectivity index (χ3n) is 3.65. The van der Waals surface area contributed by atoms with Crippen LogP contribution in [0.4, 0.5) is 0 Å². The molecule has 0 atom stereocenters. The van der Waals surface area contributed by atoms with E-state index in [0.29, 0.717) is 13.1 Å². The molecule has 0 saturated carbocycles. The van der Waals surface area contributed by atoms with Crippen LogP contribution in [-0.2, 0) is 17.9 Å². The minimum Gasteiger partial charge on any atom is -0.318 e. The molecule has 1 aliphatic rings. The monoisotopic (exact) mass is 293 g/mol. The summed E-state index contributed by atoms with van der Waals surface area (Å²) in [4.78, 5) is 7.13. The number of nitrogens with zero attached hydrogens (tertiary/aromatic N) is 2. The fourth-order valence-electron chi connectivity index (χ4n) is 2.64. The molecule has 22 heavy (non-hydrogen) atoms. The van der Waals surface area contributed by atoms with Crippen molar-refractivity contribution < 1.29 is 4.84 Å². The number of oxime groups is 1. The molecular formula is C18H19N3O. The van der Waals surface area contributed by atoms with E-state index >= 15 is 0 Å². The zero-order chi connectivity index (χ0) is 15.5. The molecule has 0 fully saturated rings. The van der Waals surface area contributed by atoms with Crippen molar-refractivity contribution in [2.75, 3.05) is 0 Å². The number of rotatable bonds is 1. The summed E-state index contributed by atoms with van der Waals surface area (Å²) in [6.45, 7) is 4.98. The van der Waals surface area contributed by atoms with Crippen LogP contribution in [0.2, 0.25) is 0 Å². The van der Waals surface area contributed by atoms with Gasteiger partial charge in [0.1, 0.15) is 0 Å². The van der Waals surface area contributed by atoms with Gasteiger partial charge < -0.3 is 9.74 Å². The number of benzene rings is 2. The molecule has 0 saturated heterocycles. The number of hydrogen-bond donors (Lipinski definition) is 1. The smallest absolute Gasteiger partial charge is 0.315 e. The van der Waals surface area contributed by atoms with E-state index in [0.717, 1.165) is 5.71 Å². The lowest BCUT2D eigenvalue weighted by atomic mass is 9.97. The van der Waals surface area contributed by atoms with E-state index in [9.17, 15) is 0 Å². The molecule has 1 N–H and O–H groups in total. The minimum absolute atomic E-state index is 0.0766. The van der Waals surface area contributed by atoms with Crippen LogP contribution < -0.4 is 0 Å². The Bertz CT molecular complexity index is 685. The Hall–Kier alpha value is -2.62. The Labute approximate surface area is 130 Å². The van der Waals surface area contributed by atoms with Crippen molar-refractivity contribution in [2.24, 2.45) is 5.16 Å². The average Bonchev–Trinajstić information content (AvgIpc) is 2.69. The van der Waals surface area contributed by atoms with Gasteiger partial charge in [0.05, 0.1) is 5.71 Å². The maximum atomic E-state index is 8.15. The normalized spacial score (nSPS) is 12.7. The van der Waals surface area contributed by atoms with Gasteiger partial charge in [0, 0.05) is 13.1 Å².